The lowest BCUT2D eigenvalue weighted by Gasteiger charge is -2.29. The quantitative estimate of drug-likeness (QED) is 0.323. The first-order chi connectivity index (χ1) is 13.3. The lowest BCUT2D eigenvalue weighted by atomic mass is 10.1. The molecule has 0 saturated carbocycles. The summed E-state index contributed by atoms with van der Waals surface area (Å²) in [7, 11) is 1.18. The van der Waals surface area contributed by atoms with Crippen LogP contribution in [0, 0.1) is 0 Å². The summed E-state index contributed by atoms with van der Waals surface area (Å²) >= 11 is 0. The Labute approximate surface area is 197 Å². The number of halogens is 1. The molecule has 5 nitrogen and oxygen atoms in total. The maximum Gasteiger partial charge on any atom is 0.193 e. The lowest BCUT2D eigenvalue weighted by Crippen LogP contribution is -2.39. The zero-order chi connectivity index (χ0) is 20.6. The van der Waals surface area contributed by atoms with E-state index in [0.717, 1.165) is 19.0 Å². The highest BCUT2D eigenvalue weighted by Gasteiger charge is 2.18. The molecule has 0 spiro atoms. The van der Waals surface area contributed by atoms with Crippen LogP contribution in [-0.4, -0.2) is 58.8 Å². The van der Waals surface area contributed by atoms with Gasteiger partial charge < -0.3 is 15.1 Å². The molecule has 0 amide bonds. The Kier molecular flexibility index (Phi) is 11.5. The van der Waals surface area contributed by atoms with Crippen molar-refractivity contribution in [2.75, 3.05) is 43.9 Å². The summed E-state index contributed by atoms with van der Waals surface area (Å²) in [6.07, 6.45) is 3.95. The Balaban J connectivity index is 0.00000420. The first-order valence-electron chi connectivity index (χ1n) is 10.5. The minimum absolute atomic E-state index is 0. The smallest absolute Gasteiger partial charge is 0.193 e. The molecule has 0 radical (unpaired) electrons. The molecule has 7 heteroatoms. The highest BCUT2D eigenvalue weighted by atomic mass is 127. The maximum atomic E-state index is 12.2. The SMILES string of the molecule is CCNC(=NCCS(=O)C(C)(C)C)N(C)Cc1ccc(N2CCCCC2)cc1.I. The van der Waals surface area contributed by atoms with Crippen molar-refractivity contribution < 1.29 is 4.21 Å². The van der Waals surface area contributed by atoms with Crippen molar-refractivity contribution in [3.63, 3.8) is 0 Å². The minimum Gasteiger partial charge on any atom is -0.372 e. The monoisotopic (exact) mass is 534 g/mol. The Morgan fingerprint density at radius 2 is 1.79 bits per heavy atom. The molecule has 1 heterocycles. The molecule has 1 aliphatic heterocycles. The summed E-state index contributed by atoms with van der Waals surface area (Å²) in [4.78, 5) is 9.31. The van der Waals surface area contributed by atoms with E-state index < -0.39 is 10.8 Å². The van der Waals surface area contributed by atoms with Crippen LogP contribution in [0.25, 0.3) is 0 Å². The minimum atomic E-state index is -0.872. The van der Waals surface area contributed by atoms with Gasteiger partial charge in [-0.3, -0.25) is 9.20 Å². The predicted molar refractivity (Wildman–Crippen MR) is 138 cm³/mol. The molecule has 1 aromatic rings. The molecule has 1 saturated heterocycles. The largest absolute Gasteiger partial charge is 0.372 e. The molecule has 0 bridgehead atoms. The van der Waals surface area contributed by atoms with Gasteiger partial charge >= 0.3 is 0 Å². The summed E-state index contributed by atoms with van der Waals surface area (Å²) in [5.74, 6) is 1.46. The van der Waals surface area contributed by atoms with E-state index in [1.807, 2.05) is 20.8 Å². The van der Waals surface area contributed by atoms with Gasteiger partial charge in [0.05, 0.1) is 6.54 Å². The van der Waals surface area contributed by atoms with Gasteiger partial charge in [-0.25, -0.2) is 0 Å². The third kappa shape index (κ3) is 8.82. The van der Waals surface area contributed by atoms with E-state index in [1.165, 1.54) is 43.6 Å². The molecular formula is C22H39IN4OS. The van der Waals surface area contributed by atoms with Crippen LogP contribution in [0.3, 0.4) is 0 Å². The van der Waals surface area contributed by atoms with Gasteiger partial charge in [0.25, 0.3) is 0 Å². The molecule has 1 atom stereocenters. The number of nitrogens with zero attached hydrogens (tertiary/aromatic N) is 3. The number of nitrogens with one attached hydrogen (secondary N) is 1. The van der Waals surface area contributed by atoms with Crippen LogP contribution >= 0.6 is 24.0 Å². The van der Waals surface area contributed by atoms with Gasteiger partial charge in [0.1, 0.15) is 0 Å². The van der Waals surface area contributed by atoms with Crippen LogP contribution in [0.15, 0.2) is 29.3 Å². The first kappa shape index (κ1) is 26.2. The fourth-order valence-corrected chi connectivity index (χ4v) is 4.19. The van der Waals surface area contributed by atoms with E-state index in [-0.39, 0.29) is 28.7 Å². The van der Waals surface area contributed by atoms with Gasteiger partial charge in [-0.2, -0.15) is 0 Å². The number of hydrogen-bond donors (Lipinski definition) is 1. The molecule has 0 aromatic heterocycles. The van der Waals surface area contributed by atoms with Crippen molar-refractivity contribution in [3.8, 4) is 0 Å². The van der Waals surface area contributed by atoms with Gasteiger partial charge in [0.2, 0.25) is 0 Å². The van der Waals surface area contributed by atoms with Crippen LogP contribution in [-0.2, 0) is 17.3 Å². The second-order valence-electron chi connectivity index (χ2n) is 8.47. The van der Waals surface area contributed by atoms with Crippen LogP contribution in [0.4, 0.5) is 5.69 Å². The number of benzene rings is 1. The van der Waals surface area contributed by atoms with E-state index in [2.05, 4.69) is 58.3 Å². The summed E-state index contributed by atoms with van der Waals surface area (Å²) in [6.45, 7) is 12.6. The first-order valence-corrected chi connectivity index (χ1v) is 11.8. The third-order valence-electron chi connectivity index (χ3n) is 5.00. The molecule has 1 fully saturated rings. The number of guanidine groups is 1. The van der Waals surface area contributed by atoms with Gasteiger partial charge in [-0.05, 0) is 64.7 Å². The lowest BCUT2D eigenvalue weighted by molar-refractivity contribution is 0.477. The number of hydrogen-bond acceptors (Lipinski definition) is 3. The van der Waals surface area contributed by atoms with Crippen molar-refractivity contribution in [1.29, 1.82) is 0 Å². The second kappa shape index (κ2) is 12.8. The average Bonchev–Trinajstić information content (AvgIpc) is 2.67. The highest BCUT2D eigenvalue weighted by molar-refractivity contribution is 14.0. The zero-order valence-corrected chi connectivity index (χ0v) is 21.9. The van der Waals surface area contributed by atoms with E-state index in [4.69, 9.17) is 0 Å². The van der Waals surface area contributed by atoms with Crippen molar-refractivity contribution in [3.05, 3.63) is 29.8 Å². The fraction of sp³-hybridized carbons (Fsp3) is 0.682. The number of rotatable bonds is 7. The summed E-state index contributed by atoms with van der Waals surface area (Å²) in [5.41, 5.74) is 2.60. The molecule has 166 valence electrons. The van der Waals surface area contributed by atoms with Gasteiger partial charge in [-0.15, -0.1) is 24.0 Å². The predicted octanol–water partition coefficient (Wildman–Crippen LogP) is 4.24. The van der Waals surface area contributed by atoms with E-state index in [9.17, 15) is 4.21 Å². The van der Waals surface area contributed by atoms with Crippen LogP contribution < -0.4 is 10.2 Å². The Bertz CT molecular complexity index is 652. The van der Waals surface area contributed by atoms with Crippen molar-refractivity contribution in [1.82, 2.24) is 10.2 Å². The third-order valence-corrected chi connectivity index (χ3v) is 6.91. The Morgan fingerprint density at radius 1 is 1.17 bits per heavy atom. The van der Waals surface area contributed by atoms with Gasteiger partial charge in [-0.1, -0.05) is 12.1 Å². The molecule has 1 N–H and O–H groups in total. The van der Waals surface area contributed by atoms with E-state index >= 15 is 0 Å². The van der Waals surface area contributed by atoms with Crippen molar-refractivity contribution in [2.24, 2.45) is 4.99 Å². The van der Waals surface area contributed by atoms with E-state index in [0.29, 0.717) is 12.3 Å². The molecule has 1 aromatic carbocycles. The van der Waals surface area contributed by atoms with Gasteiger partial charge in [0, 0.05) is 60.2 Å². The Hall–Kier alpha value is -0.830. The fourth-order valence-electron chi connectivity index (χ4n) is 3.32. The van der Waals surface area contributed by atoms with Crippen LogP contribution in [0.2, 0.25) is 0 Å². The van der Waals surface area contributed by atoms with Crippen LogP contribution in [0.1, 0.15) is 52.5 Å². The summed E-state index contributed by atoms with van der Waals surface area (Å²) < 4.78 is 12.0. The zero-order valence-electron chi connectivity index (χ0n) is 18.7. The standard InChI is InChI=1S/C22H38N4OS.HI/c1-6-23-21(24-14-17-28(27)22(2,3)4)25(5)18-19-10-12-20(13-11-19)26-15-8-7-9-16-26;/h10-13H,6-9,14-18H2,1-5H3,(H,23,24);1H. The van der Waals surface area contributed by atoms with Crippen molar-refractivity contribution >= 4 is 46.4 Å². The Morgan fingerprint density at radius 3 is 2.34 bits per heavy atom. The average molecular weight is 535 g/mol. The summed E-state index contributed by atoms with van der Waals surface area (Å²) in [6, 6.07) is 8.92. The normalized spacial score (nSPS) is 16.2. The second-order valence-corrected chi connectivity index (χ2v) is 10.8. The maximum absolute atomic E-state index is 12.2. The van der Waals surface area contributed by atoms with Crippen LogP contribution in [0.5, 0.6) is 0 Å². The highest BCUT2D eigenvalue weighted by Crippen LogP contribution is 2.20. The molecule has 29 heavy (non-hydrogen) atoms. The van der Waals surface area contributed by atoms with E-state index in [1.54, 1.807) is 0 Å². The molecule has 1 unspecified atom stereocenters. The number of aliphatic imine (C=N–C) groups is 1. The number of anilines is 1. The van der Waals surface area contributed by atoms with Crippen molar-refractivity contribution in [2.45, 2.75) is 58.2 Å². The molecule has 0 aliphatic carbocycles. The summed E-state index contributed by atoms with van der Waals surface area (Å²) in [5, 5.41) is 3.35. The topological polar surface area (TPSA) is 47.9 Å². The molecular weight excluding hydrogens is 495 g/mol. The molecule has 2 rings (SSSR count). The number of piperidine rings is 1. The van der Waals surface area contributed by atoms with Gasteiger partial charge in [0.15, 0.2) is 5.96 Å². The molecule has 1 aliphatic rings.